The molecule has 92 valence electrons. The van der Waals surface area contributed by atoms with Crippen molar-refractivity contribution in [2.24, 2.45) is 5.73 Å². The minimum absolute atomic E-state index is 0.416. The highest BCUT2D eigenvalue weighted by molar-refractivity contribution is 7.99. The van der Waals surface area contributed by atoms with E-state index in [2.05, 4.69) is 13.8 Å². The lowest BCUT2D eigenvalue weighted by atomic mass is 10.1. The average molecular weight is 231 g/mol. The van der Waals surface area contributed by atoms with Crippen molar-refractivity contribution in [3.05, 3.63) is 0 Å². The third-order valence-electron chi connectivity index (χ3n) is 2.75. The summed E-state index contributed by atoms with van der Waals surface area (Å²) in [7, 11) is 0. The first-order valence-electron chi connectivity index (χ1n) is 6.64. The van der Waals surface area contributed by atoms with Crippen LogP contribution >= 0.6 is 11.8 Å². The zero-order valence-electron chi connectivity index (χ0n) is 10.6. The minimum Gasteiger partial charge on any atom is -0.327 e. The third kappa shape index (κ3) is 12.2. The minimum atomic E-state index is 0.416. The van der Waals surface area contributed by atoms with Gasteiger partial charge in [0, 0.05) is 11.8 Å². The maximum atomic E-state index is 5.85. The monoisotopic (exact) mass is 231 g/mol. The van der Waals surface area contributed by atoms with Crippen LogP contribution < -0.4 is 5.73 Å². The highest BCUT2D eigenvalue weighted by Crippen LogP contribution is 2.11. The SMILES string of the molecule is CCCCCCCCCSCC(N)CC. The molecule has 2 N–H and O–H groups in total. The third-order valence-corrected chi connectivity index (χ3v) is 3.99. The van der Waals surface area contributed by atoms with Gasteiger partial charge in [-0.1, -0.05) is 52.4 Å². The van der Waals surface area contributed by atoms with Crippen LogP contribution in [-0.4, -0.2) is 17.5 Å². The van der Waals surface area contributed by atoms with Crippen LogP contribution in [0.1, 0.15) is 65.2 Å². The molecule has 0 saturated carbocycles. The van der Waals surface area contributed by atoms with Gasteiger partial charge in [-0.05, 0) is 18.6 Å². The quantitative estimate of drug-likeness (QED) is 0.539. The smallest absolute Gasteiger partial charge is 0.0127 e. The number of hydrogen-bond acceptors (Lipinski definition) is 2. The zero-order chi connectivity index (χ0) is 11.4. The van der Waals surface area contributed by atoms with E-state index in [0.29, 0.717) is 6.04 Å². The molecule has 0 spiro atoms. The predicted molar refractivity (Wildman–Crippen MR) is 73.6 cm³/mol. The number of rotatable bonds is 11. The average Bonchev–Trinajstić information content (AvgIpc) is 2.26. The Morgan fingerprint density at radius 3 is 2.13 bits per heavy atom. The van der Waals surface area contributed by atoms with E-state index in [1.165, 1.54) is 50.7 Å². The maximum Gasteiger partial charge on any atom is 0.0127 e. The predicted octanol–water partition coefficient (Wildman–Crippen LogP) is 4.21. The van der Waals surface area contributed by atoms with Gasteiger partial charge in [0.15, 0.2) is 0 Å². The summed E-state index contributed by atoms with van der Waals surface area (Å²) < 4.78 is 0. The van der Waals surface area contributed by atoms with Crippen LogP contribution in [0.15, 0.2) is 0 Å². The van der Waals surface area contributed by atoms with Crippen LogP contribution in [0.5, 0.6) is 0 Å². The summed E-state index contributed by atoms with van der Waals surface area (Å²) in [6.07, 6.45) is 11.0. The fourth-order valence-corrected chi connectivity index (χ4v) is 2.63. The normalized spacial score (nSPS) is 13.0. The number of hydrogen-bond donors (Lipinski definition) is 1. The van der Waals surface area contributed by atoms with Crippen LogP contribution in [-0.2, 0) is 0 Å². The molecule has 0 aliphatic carbocycles. The molecule has 1 unspecified atom stereocenters. The molecule has 0 aliphatic heterocycles. The largest absolute Gasteiger partial charge is 0.327 e. The first kappa shape index (κ1) is 15.3. The van der Waals surface area contributed by atoms with Crippen LogP contribution in [0.25, 0.3) is 0 Å². The van der Waals surface area contributed by atoms with Gasteiger partial charge in [-0.25, -0.2) is 0 Å². The van der Waals surface area contributed by atoms with Crippen molar-refractivity contribution >= 4 is 11.8 Å². The van der Waals surface area contributed by atoms with Crippen molar-refractivity contribution in [2.75, 3.05) is 11.5 Å². The van der Waals surface area contributed by atoms with Gasteiger partial charge in [-0.15, -0.1) is 0 Å². The molecule has 0 fully saturated rings. The van der Waals surface area contributed by atoms with Gasteiger partial charge in [0.2, 0.25) is 0 Å². The Morgan fingerprint density at radius 2 is 1.53 bits per heavy atom. The van der Waals surface area contributed by atoms with Gasteiger partial charge in [0.1, 0.15) is 0 Å². The summed E-state index contributed by atoms with van der Waals surface area (Å²) in [4.78, 5) is 0. The summed E-state index contributed by atoms with van der Waals surface area (Å²) in [6.45, 7) is 4.44. The molecule has 15 heavy (non-hydrogen) atoms. The molecule has 0 radical (unpaired) electrons. The topological polar surface area (TPSA) is 26.0 Å². The van der Waals surface area contributed by atoms with Crippen LogP contribution in [0, 0.1) is 0 Å². The van der Waals surface area contributed by atoms with Crippen LogP contribution in [0.3, 0.4) is 0 Å². The van der Waals surface area contributed by atoms with Crippen molar-refractivity contribution in [1.29, 1.82) is 0 Å². The second-order valence-corrected chi connectivity index (χ2v) is 5.51. The molecular formula is C13H29NS. The molecule has 0 aromatic rings. The highest BCUT2D eigenvalue weighted by atomic mass is 32.2. The van der Waals surface area contributed by atoms with E-state index in [0.717, 1.165) is 12.2 Å². The lowest BCUT2D eigenvalue weighted by Crippen LogP contribution is -2.21. The lowest BCUT2D eigenvalue weighted by molar-refractivity contribution is 0.603. The van der Waals surface area contributed by atoms with Crippen molar-refractivity contribution in [3.63, 3.8) is 0 Å². The molecule has 0 saturated heterocycles. The molecule has 1 atom stereocenters. The molecule has 0 aliphatic rings. The van der Waals surface area contributed by atoms with Gasteiger partial charge in [-0.2, -0.15) is 11.8 Å². The van der Waals surface area contributed by atoms with E-state index in [4.69, 9.17) is 5.73 Å². The lowest BCUT2D eigenvalue weighted by Gasteiger charge is -2.07. The Labute approximate surface area is 101 Å². The zero-order valence-corrected chi connectivity index (χ0v) is 11.5. The summed E-state index contributed by atoms with van der Waals surface area (Å²) in [5.41, 5.74) is 5.85. The second kappa shape index (κ2) is 12.4. The molecular weight excluding hydrogens is 202 g/mol. The molecule has 2 heteroatoms. The molecule has 0 aromatic heterocycles. The Hall–Kier alpha value is 0.310. The van der Waals surface area contributed by atoms with Crippen molar-refractivity contribution in [1.82, 2.24) is 0 Å². The van der Waals surface area contributed by atoms with Gasteiger partial charge in [0.25, 0.3) is 0 Å². The van der Waals surface area contributed by atoms with E-state index in [-0.39, 0.29) is 0 Å². The van der Waals surface area contributed by atoms with Gasteiger partial charge in [-0.3, -0.25) is 0 Å². The Balaban J connectivity index is 2.92. The Morgan fingerprint density at radius 1 is 0.933 bits per heavy atom. The molecule has 1 nitrogen and oxygen atoms in total. The summed E-state index contributed by atoms with van der Waals surface area (Å²) in [5.74, 6) is 2.45. The second-order valence-electron chi connectivity index (χ2n) is 4.36. The summed E-state index contributed by atoms with van der Waals surface area (Å²) >= 11 is 2.03. The van der Waals surface area contributed by atoms with Crippen molar-refractivity contribution < 1.29 is 0 Å². The fourth-order valence-electron chi connectivity index (χ4n) is 1.51. The molecule has 0 rings (SSSR count). The highest BCUT2D eigenvalue weighted by Gasteiger charge is 1.98. The van der Waals surface area contributed by atoms with Gasteiger partial charge < -0.3 is 5.73 Å². The van der Waals surface area contributed by atoms with Gasteiger partial charge in [0.05, 0.1) is 0 Å². The van der Waals surface area contributed by atoms with E-state index >= 15 is 0 Å². The number of nitrogens with two attached hydrogens (primary N) is 1. The molecule has 0 amide bonds. The first-order chi connectivity index (χ1) is 7.31. The van der Waals surface area contributed by atoms with E-state index < -0.39 is 0 Å². The first-order valence-corrected chi connectivity index (χ1v) is 7.80. The number of thioether (sulfide) groups is 1. The van der Waals surface area contributed by atoms with E-state index in [1.54, 1.807) is 0 Å². The van der Waals surface area contributed by atoms with Gasteiger partial charge >= 0.3 is 0 Å². The van der Waals surface area contributed by atoms with Crippen LogP contribution in [0.2, 0.25) is 0 Å². The summed E-state index contributed by atoms with van der Waals surface area (Å²) in [6, 6.07) is 0.416. The van der Waals surface area contributed by atoms with Crippen LogP contribution in [0.4, 0.5) is 0 Å². The molecule has 0 aromatic carbocycles. The van der Waals surface area contributed by atoms with Crippen molar-refractivity contribution in [3.8, 4) is 0 Å². The Bertz CT molecular complexity index is 117. The van der Waals surface area contributed by atoms with Crippen molar-refractivity contribution in [2.45, 2.75) is 71.3 Å². The maximum absolute atomic E-state index is 5.85. The van der Waals surface area contributed by atoms with E-state index in [1.807, 2.05) is 11.8 Å². The number of unbranched alkanes of at least 4 members (excludes halogenated alkanes) is 6. The fraction of sp³-hybridized carbons (Fsp3) is 1.00. The Kier molecular flexibility index (Phi) is 12.6. The standard InChI is InChI=1S/C13H29NS/c1-3-5-6-7-8-9-10-11-15-12-13(14)4-2/h13H,3-12,14H2,1-2H3. The summed E-state index contributed by atoms with van der Waals surface area (Å²) in [5, 5.41) is 0. The van der Waals surface area contributed by atoms with E-state index in [9.17, 15) is 0 Å². The molecule has 0 bridgehead atoms. The molecule has 0 heterocycles.